The van der Waals surface area contributed by atoms with Gasteiger partial charge in [0.25, 0.3) is 0 Å². The quantitative estimate of drug-likeness (QED) is 0.889. The van der Waals surface area contributed by atoms with E-state index < -0.39 is 0 Å². The molecule has 2 rings (SSSR count). The molecule has 0 fully saturated rings. The fourth-order valence-electron chi connectivity index (χ4n) is 2.14. The lowest BCUT2D eigenvalue weighted by molar-refractivity contribution is 0.405. The van der Waals surface area contributed by atoms with Crippen molar-refractivity contribution in [3.05, 3.63) is 53.1 Å². The minimum absolute atomic E-state index is 0.0843. The van der Waals surface area contributed by atoms with Gasteiger partial charge in [0, 0.05) is 23.6 Å². The molecule has 1 atom stereocenters. The van der Waals surface area contributed by atoms with Crippen molar-refractivity contribution in [2.45, 2.75) is 19.4 Å². The number of likely N-dealkylation sites (N-methyl/N-ethyl adjacent to an activating group) is 1. The van der Waals surface area contributed by atoms with Crippen LogP contribution in [0.1, 0.15) is 24.2 Å². The van der Waals surface area contributed by atoms with Crippen LogP contribution in [-0.2, 0) is 6.42 Å². The lowest BCUT2D eigenvalue weighted by Gasteiger charge is -2.18. The number of methoxy groups -OCH3 is 1. The van der Waals surface area contributed by atoms with Crippen molar-refractivity contribution in [1.29, 1.82) is 0 Å². The van der Waals surface area contributed by atoms with Gasteiger partial charge >= 0.3 is 0 Å². The van der Waals surface area contributed by atoms with Gasteiger partial charge in [0.2, 0.25) is 0 Å². The number of halogens is 1. The molecular formula is C15H18ClN3O. The maximum Gasteiger partial charge on any atom is 0.122 e. The third-order valence-electron chi connectivity index (χ3n) is 3.06. The number of hydrogen-bond donors (Lipinski definition) is 1. The Morgan fingerprint density at radius 3 is 2.85 bits per heavy atom. The molecule has 1 aromatic heterocycles. The Kier molecular flexibility index (Phi) is 5.32. The maximum atomic E-state index is 6.08. The zero-order valence-corrected chi connectivity index (χ0v) is 12.4. The Hall–Kier alpha value is -1.65. The van der Waals surface area contributed by atoms with Gasteiger partial charge in [0.1, 0.15) is 5.75 Å². The van der Waals surface area contributed by atoms with Crippen molar-refractivity contribution in [3.8, 4) is 5.75 Å². The van der Waals surface area contributed by atoms with E-state index >= 15 is 0 Å². The van der Waals surface area contributed by atoms with Crippen LogP contribution in [0.25, 0.3) is 0 Å². The molecule has 1 aromatic carbocycles. The minimum Gasteiger partial charge on any atom is -0.496 e. The van der Waals surface area contributed by atoms with Crippen LogP contribution in [0.2, 0.25) is 5.02 Å². The van der Waals surface area contributed by atoms with Gasteiger partial charge in [-0.05, 0) is 36.7 Å². The molecule has 0 amide bonds. The molecule has 0 saturated heterocycles. The van der Waals surface area contributed by atoms with Crippen molar-refractivity contribution in [3.63, 3.8) is 0 Å². The Bertz CT molecular complexity index is 548. The fourth-order valence-corrected chi connectivity index (χ4v) is 2.34. The predicted molar refractivity (Wildman–Crippen MR) is 80.2 cm³/mol. The molecule has 0 bridgehead atoms. The van der Waals surface area contributed by atoms with Gasteiger partial charge in [0.05, 0.1) is 18.8 Å². The van der Waals surface area contributed by atoms with Crippen LogP contribution in [0.15, 0.2) is 36.8 Å². The monoisotopic (exact) mass is 291 g/mol. The summed E-state index contributed by atoms with van der Waals surface area (Å²) in [5.41, 5.74) is 1.97. The second kappa shape index (κ2) is 7.22. The summed E-state index contributed by atoms with van der Waals surface area (Å²) in [6.45, 7) is 2.92. The van der Waals surface area contributed by atoms with Gasteiger partial charge in [0.15, 0.2) is 0 Å². The van der Waals surface area contributed by atoms with E-state index in [1.807, 2.05) is 18.2 Å². The summed E-state index contributed by atoms with van der Waals surface area (Å²) in [6.07, 6.45) is 5.90. The van der Waals surface area contributed by atoms with Crippen molar-refractivity contribution in [2.24, 2.45) is 0 Å². The fraction of sp³-hybridized carbons (Fsp3) is 0.333. The second-order valence-electron chi connectivity index (χ2n) is 4.40. The standard InChI is InChI=1S/C15H18ClN3O/c1-3-18-13(14-10-17-6-7-19-14)9-11-8-12(16)4-5-15(11)20-2/h4-8,10,13,18H,3,9H2,1-2H3. The van der Waals surface area contributed by atoms with E-state index in [1.54, 1.807) is 25.7 Å². The normalized spacial score (nSPS) is 12.2. The van der Waals surface area contributed by atoms with Crippen LogP contribution in [0.3, 0.4) is 0 Å². The van der Waals surface area contributed by atoms with Gasteiger partial charge in [-0.1, -0.05) is 18.5 Å². The average Bonchev–Trinajstić information content (AvgIpc) is 2.48. The van der Waals surface area contributed by atoms with E-state index in [0.29, 0.717) is 5.02 Å². The van der Waals surface area contributed by atoms with Crippen molar-refractivity contribution in [1.82, 2.24) is 15.3 Å². The maximum absolute atomic E-state index is 6.08. The van der Waals surface area contributed by atoms with Crippen LogP contribution in [0, 0.1) is 0 Å². The first-order chi connectivity index (χ1) is 9.74. The van der Waals surface area contributed by atoms with E-state index in [0.717, 1.165) is 30.0 Å². The molecule has 5 heteroatoms. The number of nitrogens with one attached hydrogen (secondary N) is 1. The van der Waals surface area contributed by atoms with Gasteiger partial charge in [-0.15, -0.1) is 0 Å². The largest absolute Gasteiger partial charge is 0.496 e. The van der Waals surface area contributed by atoms with Gasteiger partial charge in [-0.2, -0.15) is 0 Å². The third-order valence-corrected chi connectivity index (χ3v) is 3.29. The summed E-state index contributed by atoms with van der Waals surface area (Å²) in [6, 6.07) is 5.73. The SMILES string of the molecule is CCNC(Cc1cc(Cl)ccc1OC)c1cnccn1. The van der Waals surface area contributed by atoms with Crippen molar-refractivity contribution < 1.29 is 4.74 Å². The Balaban J connectivity index is 2.26. The summed E-state index contributed by atoms with van der Waals surface area (Å²) >= 11 is 6.08. The molecule has 1 N–H and O–H groups in total. The smallest absolute Gasteiger partial charge is 0.122 e. The zero-order valence-electron chi connectivity index (χ0n) is 11.6. The molecule has 0 spiro atoms. The Labute approximate surface area is 124 Å². The number of ether oxygens (including phenoxy) is 1. The molecule has 1 unspecified atom stereocenters. The molecule has 0 aliphatic rings. The van der Waals surface area contributed by atoms with Crippen molar-refractivity contribution >= 4 is 11.6 Å². The van der Waals surface area contributed by atoms with E-state index in [9.17, 15) is 0 Å². The van der Waals surface area contributed by atoms with Crippen LogP contribution in [-0.4, -0.2) is 23.6 Å². The molecule has 1 heterocycles. The summed E-state index contributed by atoms with van der Waals surface area (Å²) in [4.78, 5) is 8.50. The molecular weight excluding hydrogens is 274 g/mol. The first kappa shape index (κ1) is 14.8. The highest BCUT2D eigenvalue weighted by Gasteiger charge is 2.15. The highest BCUT2D eigenvalue weighted by atomic mass is 35.5. The van der Waals surface area contributed by atoms with E-state index in [1.165, 1.54) is 0 Å². The van der Waals surface area contributed by atoms with Crippen LogP contribution >= 0.6 is 11.6 Å². The topological polar surface area (TPSA) is 47.0 Å². The van der Waals surface area contributed by atoms with E-state index in [4.69, 9.17) is 16.3 Å². The van der Waals surface area contributed by atoms with E-state index in [2.05, 4.69) is 22.2 Å². The molecule has 0 radical (unpaired) electrons. The number of rotatable bonds is 6. The Morgan fingerprint density at radius 2 is 2.20 bits per heavy atom. The highest BCUT2D eigenvalue weighted by molar-refractivity contribution is 6.30. The molecule has 0 saturated carbocycles. The predicted octanol–water partition coefficient (Wildman–Crippen LogP) is 3.03. The summed E-state index contributed by atoms with van der Waals surface area (Å²) in [7, 11) is 1.66. The molecule has 0 aliphatic carbocycles. The van der Waals surface area contributed by atoms with Crippen molar-refractivity contribution in [2.75, 3.05) is 13.7 Å². The lowest BCUT2D eigenvalue weighted by atomic mass is 10.0. The zero-order chi connectivity index (χ0) is 14.4. The third kappa shape index (κ3) is 3.68. The molecule has 106 valence electrons. The number of nitrogens with zero attached hydrogens (tertiary/aromatic N) is 2. The van der Waals surface area contributed by atoms with E-state index in [-0.39, 0.29) is 6.04 Å². The Morgan fingerprint density at radius 1 is 1.35 bits per heavy atom. The summed E-state index contributed by atoms with van der Waals surface area (Å²) in [5, 5.41) is 4.12. The summed E-state index contributed by atoms with van der Waals surface area (Å²) < 4.78 is 5.39. The molecule has 2 aromatic rings. The first-order valence-corrected chi connectivity index (χ1v) is 6.94. The first-order valence-electron chi connectivity index (χ1n) is 6.56. The minimum atomic E-state index is 0.0843. The molecule has 20 heavy (non-hydrogen) atoms. The number of hydrogen-bond acceptors (Lipinski definition) is 4. The highest BCUT2D eigenvalue weighted by Crippen LogP contribution is 2.27. The summed E-state index contributed by atoms with van der Waals surface area (Å²) in [5.74, 6) is 0.834. The lowest BCUT2D eigenvalue weighted by Crippen LogP contribution is -2.24. The van der Waals surface area contributed by atoms with Crippen LogP contribution in [0.4, 0.5) is 0 Å². The van der Waals surface area contributed by atoms with Crippen LogP contribution in [0.5, 0.6) is 5.75 Å². The van der Waals surface area contributed by atoms with Crippen LogP contribution < -0.4 is 10.1 Å². The molecule has 0 aliphatic heterocycles. The second-order valence-corrected chi connectivity index (χ2v) is 4.84. The number of benzene rings is 1. The average molecular weight is 292 g/mol. The van der Waals surface area contributed by atoms with Gasteiger partial charge < -0.3 is 10.1 Å². The number of aromatic nitrogens is 2. The van der Waals surface area contributed by atoms with Gasteiger partial charge in [-0.25, -0.2) is 0 Å². The van der Waals surface area contributed by atoms with Gasteiger partial charge in [-0.3, -0.25) is 9.97 Å². The molecule has 4 nitrogen and oxygen atoms in total.